The lowest BCUT2D eigenvalue weighted by Crippen LogP contribution is -2.16. The molecular formula is C11H9BrO4S. The molecule has 2 rings (SSSR count). The topological polar surface area (TPSA) is 71.4 Å². The Kier molecular flexibility index (Phi) is 2.87. The van der Waals surface area contributed by atoms with Gasteiger partial charge in [-0.3, -0.25) is 4.79 Å². The molecule has 1 aliphatic heterocycles. The lowest BCUT2D eigenvalue weighted by molar-refractivity contribution is -0.139. The molecule has 1 aromatic carbocycles. The molecule has 1 heterocycles. The van der Waals surface area contributed by atoms with E-state index in [-0.39, 0.29) is 9.80 Å². The van der Waals surface area contributed by atoms with E-state index in [1.54, 1.807) is 12.1 Å². The van der Waals surface area contributed by atoms with Crippen molar-refractivity contribution in [1.29, 1.82) is 0 Å². The minimum Gasteiger partial charge on any atom is -0.481 e. The van der Waals surface area contributed by atoms with Crippen LogP contribution < -0.4 is 0 Å². The quantitative estimate of drug-likeness (QED) is 0.908. The van der Waals surface area contributed by atoms with Gasteiger partial charge in [0, 0.05) is 4.47 Å². The number of hydrogen-bond donors (Lipinski definition) is 1. The molecule has 1 aromatic rings. The van der Waals surface area contributed by atoms with Gasteiger partial charge in [-0.05, 0) is 30.7 Å². The standard InChI is InChI=1S/C11H9BrO4S/c1-6(11(13)14)9-4-7-2-3-8(12)5-10(7)17(9,15)16/h2-6H,1H3,(H,13,14). The van der Waals surface area contributed by atoms with Crippen LogP contribution in [0.5, 0.6) is 0 Å². The van der Waals surface area contributed by atoms with Crippen LogP contribution in [-0.2, 0) is 14.6 Å². The summed E-state index contributed by atoms with van der Waals surface area (Å²) in [4.78, 5) is 11.0. The number of carboxylic acid groups (broad SMARTS) is 1. The number of fused-ring (bicyclic) bond motifs is 1. The van der Waals surface area contributed by atoms with E-state index in [4.69, 9.17) is 5.11 Å². The summed E-state index contributed by atoms with van der Waals surface area (Å²) in [5.74, 6) is -2.18. The molecule has 0 saturated carbocycles. The van der Waals surface area contributed by atoms with E-state index >= 15 is 0 Å². The predicted octanol–water partition coefficient (Wildman–Crippen LogP) is 2.30. The molecule has 0 saturated heterocycles. The van der Waals surface area contributed by atoms with E-state index in [0.717, 1.165) is 0 Å². The summed E-state index contributed by atoms with van der Waals surface area (Å²) < 4.78 is 24.9. The maximum atomic E-state index is 12.1. The van der Waals surface area contributed by atoms with Crippen LogP contribution in [0, 0.1) is 5.92 Å². The molecule has 0 aromatic heterocycles. The molecule has 17 heavy (non-hydrogen) atoms. The van der Waals surface area contributed by atoms with Crippen molar-refractivity contribution in [3.63, 3.8) is 0 Å². The minimum absolute atomic E-state index is 0.0573. The van der Waals surface area contributed by atoms with Crippen molar-refractivity contribution in [3.05, 3.63) is 33.1 Å². The van der Waals surface area contributed by atoms with E-state index in [9.17, 15) is 13.2 Å². The first kappa shape index (κ1) is 12.3. The number of carbonyl (C=O) groups is 1. The number of sulfone groups is 1. The first-order valence-electron chi connectivity index (χ1n) is 4.83. The lowest BCUT2D eigenvalue weighted by Gasteiger charge is -2.07. The second kappa shape index (κ2) is 3.96. The van der Waals surface area contributed by atoms with Crippen molar-refractivity contribution < 1.29 is 18.3 Å². The van der Waals surface area contributed by atoms with Gasteiger partial charge in [-0.2, -0.15) is 0 Å². The van der Waals surface area contributed by atoms with Gasteiger partial charge in [0.05, 0.1) is 15.7 Å². The average Bonchev–Trinajstić information content (AvgIpc) is 2.50. The smallest absolute Gasteiger partial charge is 0.311 e. The summed E-state index contributed by atoms with van der Waals surface area (Å²) in [6, 6.07) is 4.86. The molecule has 0 fully saturated rings. The Labute approximate surface area is 107 Å². The van der Waals surface area contributed by atoms with Gasteiger partial charge in [0.1, 0.15) is 0 Å². The third-order valence-electron chi connectivity index (χ3n) is 2.67. The van der Waals surface area contributed by atoms with Crippen LogP contribution in [0.15, 0.2) is 32.5 Å². The van der Waals surface area contributed by atoms with Gasteiger partial charge in [-0.25, -0.2) is 8.42 Å². The maximum Gasteiger partial charge on any atom is 0.311 e. The van der Waals surface area contributed by atoms with E-state index in [0.29, 0.717) is 10.0 Å². The van der Waals surface area contributed by atoms with Crippen LogP contribution >= 0.6 is 15.9 Å². The summed E-state index contributed by atoms with van der Waals surface area (Å²) >= 11 is 3.20. The molecule has 90 valence electrons. The van der Waals surface area contributed by atoms with Gasteiger partial charge in [-0.15, -0.1) is 0 Å². The molecule has 0 amide bonds. The van der Waals surface area contributed by atoms with E-state index in [1.165, 1.54) is 19.1 Å². The molecule has 0 spiro atoms. The second-order valence-electron chi connectivity index (χ2n) is 3.79. The predicted molar refractivity (Wildman–Crippen MR) is 66.1 cm³/mol. The average molecular weight is 317 g/mol. The number of carboxylic acids is 1. The molecule has 0 bridgehead atoms. The molecule has 0 radical (unpaired) electrons. The largest absolute Gasteiger partial charge is 0.481 e. The Morgan fingerprint density at radius 3 is 2.65 bits per heavy atom. The number of rotatable bonds is 2. The van der Waals surface area contributed by atoms with Gasteiger partial charge in [0.25, 0.3) is 0 Å². The van der Waals surface area contributed by atoms with Crippen molar-refractivity contribution in [2.24, 2.45) is 5.92 Å². The highest BCUT2D eigenvalue weighted by Gasteiger charge is 2.35. The van der Waals surface area contributed by atoms with Crippen LogP contribution in [0.4, 0.5) is 0 Å². The number of benzene rings is 1. The molecule has 4 nitrogen and oxygen atoms in total. The molecule has 1 N–H and O–H groups in total. The van der Waals surface area contributed by atoms with Crippen LogP contribution in [0.2, 0.25) is 0 Å². The summed E-state index contributed by atoms with van der Waals surface area (Å²) in [5.41, 5.74) is 0.538. The second-order valence-corrected chi connectivity index (χ2v) is 6.63. The number of halogens is 1. The fraction of sp³-hybridized carbons (Fsp3) is 0.182. The van der Waals surface area contributed by atoms with Crippen molar-refractivity contribution in [2.45, 2.75) is 11.8 Å². The normalized spacial score (nSPS) is 18.4. The summed E-state index contributed by atoms with van der Waals surface area (Å²) in [6.07, 6.45) is 1.43. The van der Waals surface area contributed by atoms with E-state index < -0.39 is 21.7 Å². The Morgan fingerprint density at radius 1 is 1.41 bits per heavy atom. The van der Waals surface area contributed by atoms with Crippen LogP contribution in [-0.4, -0.2) is 19.5 Å². The third kappa shape index (κ3) is 1.91. The first-order chi connectivity index (χ1) is 7.84. The highest BCUT2D eigenvalue weighted by atomic mass is 79.9. The Hall–Kier alpha value is -1.14. The zero-order valence-corrected chi connectivity index (χ0v) is 11.2. The minimum atomic E-state index is -3.66. The lowest BCUT2D eigenvalue weighted by atomic mass is 10.1. The van der Waals surface area contributed by atoms with Crippen LogP contribution in [0.25, 0.3) is 6.08 Å². The number of hydrogen-bond acceptors (Lipinski definition) is 3. The van der Waals surface area contributed by atoms with Gasteiger partial charge < -0.3 is 5.11 Å². The Bertz CT molecular complexity index is 631. The number of aliphatic carboxylic acids is 1. The van der Waals surface area contributed by atoms with E-state index in [1.807, 2.05) is 0 Å². The fourth-order valence-electron chi connectivity index (χ4n) is 1.70. The van der Waals surface area contributed by atoms with Gasteiger partial charge >= 0.3 is 5.97 Å². The first-order valence-corrected chi connectivity index (χ1v) is 7.10. The van der Waals surface area contributed by atoms with Gasteiger partial charge in [0.2, 0.25) is 9.84 Å². The molecule has 1 atom stereocenters. The van der Waals surface area contributed by atoms with E-state index in [2.05, 4.69) is 15.9 Å². The molecule has 6 heteroatoms. The zero-order chi connectivity index (χ0) is 12.8. The van der Waals surface area contributed by atoms with Crippen molar-refractivity contribution >= 4 is 37.8 Å². The Morgan fingerprint density at radius 2 is 2.06 bits per heavy atom. The maximum absolute atomic E-state index is 12.1. The van der Waals surface area contributed by atoms with Crippen LogP contribution in [0.1, 0.15) is 12.5 Å². The highest BCUT2D eigenvalue weighted by Crippen LogP contribution is 2.37. The highest BCUT2D eigenvalue weighted by molar-refractivity contribution is 9.10. The SMILES string of the molecule is CC(C(=O)O)C1=Cc2ccc(Br)cc2S1(=O)=O. The van der Waals surface area contributed by atoms with Crippen molar-refractivity contribution in [1.82, 2.24) is 0 Å². The summed E-state index contributed by atoms with van der Waals surface area (Å²) in [5, 5.41) is 8.89. The van der Waals surface area contributed by atoms with Gasteiger partial charge in [-0.1, -0.05) is 22.0 Å². The zero-order valence-electron chi connectivity index (χ0n) is 8.84. The molecule has 0 aliphatic carbocycles. The molecule has 1 unspecified atom stereocenters. The van der Waals surface area contributed by atoms with Crippen molar-refractivity contribution in [3.8, 4) is 0 Å². The van der Waals surface area contributed by atoms with Crippen molar-refractivity contribution in [2.75, 3.05) is 0 Å². The van der Waals surface area contributed by atoms with Crippen LogP contribution in [0.3, 0.4) is 0 Å². The summed E-state index contributed by atoms with van der Waals surface area (Å²) in [6.45, 7) is 1.37. The molecule has 1 aliphatic rings. The summed E-state index contributed by atoms with van der Waals surface area (Å²) in [7, 11) is -3.66. The molecular weight excluding hydrogens is 308 g/mol. The Balaban J connectivity index is 2.61. The fourth-order valence-corrected chi connectivity index (χ4v) is 4.03. The van der Waals surface area contributed by atoms with Gasteiger partial charge in [0.15, 0.2) is 0 Å². The monoisotopic (exact) mass is 316 g/mol. The third-order valence-corrected chi connectivity index (χ3v) is 5.19.